The fraction of sp³-hybridized carbons (Fsp3) is 0.304. The standard InChI is InChI=1S/C23H22N2O5S/c26-21-18-7-3-4-8-19(18)22(27)23(20(21)24-11-13-30-14-12-24)31(28,29)25-10-9-16-5-1-2-6-17(16)15-25/h1-8H,9-15H2. The number of allylic oxidation sites excluding steroid dienone is 2. The molecule has 0 aromatic heterocycles. The normalized spacial score (nSPS) is 19.9. The Kier molecular flexibility index (Phi) is 5.00. The van der Waals surface area contributed by atoms with Crippen LogP contribution in [0.1, 0.15) is 31.8 Å². The molecule has 1 aliphatic carbocycles. The summed E-state index contributed by atoms with van der Waals surface area (Å²) in [6.07, 6.45) is 0.564. The lowest BCUT2D eigenvalue weighted by Gasteiger charge is -2.35. The van der Waals surface area contributed by atoms with Crippen molar-refractivity contribution in [1.29, 1.82) is 0 Å². The number of hydrogen-bond donors (Lipinski definition) is 0. The molecule has 0 radical (unpaired) electrons. The van der Waals surface area contributed by atoms with Crippen molar-refractivity contribution in [3.05, 3.63) is 81.4 Å². The Hall–Kier alpha value is -2.81. The van der Waals surface area contributed by atoms with Crippen LogP contribution in [0.3, 0.4) is 0 Å². The lowest BCUT2D eigenvalue weighted by atomic mass is 9.91. The molecule has 1 fully saturated rings. The number of rotatable bonds is 3. The van der Waals surface area contributed by atoms with Crippen molar-refractivity contribution in [3.63, 3.8) is 0 Å². The molecule has 3 aliphatic rings. The van der Waals surface area contributed by atoms with Gasteiger partial charge >= 0.3 is 0 Å². The predicted octanol–water partition coefficient (Wildman–Crippen LogP) is 2.00. The van der Waals surface area contributed by atoms with Gasteiger partial charge in [0.2, 0.25) is 21.6 Å². The van der Waals surface area contributed by atoms with Gasteiger partial charge in [-0.05, 0) is 17.5 Å². The van der Waals surface area contributed by atoms with Gasteiger partial charge in [0.15, 0.2) is 4.91 Å². The van der Waals surface area contributed by atoms with Crippen LogP contribution in [0.15, 0.2) is 59.1 Å². The SMILES string of the molecule is O=C1C(N2CCOCC2)=C(S(=O)(=O)N2CCc3ccccc3C2)C(=O)c2ccccc21. The number of sulfonamides is 1. The van der Waals surface area contributed by atoms with Crippen LogP contribution >= 0.6 is 0 Å². The molecule has 2 aliphatic heterocycles. The molecule has 8 heteroatoms. The molecule has 1 saturated heterocycles. The van der Waals surface area contributed by atoms with E-state index in [4.69, 9.17) is 4.74 Å². The second-order valence-corrected chi connectivity index (χ2v) is 9.71. The summed E-state index contributed by atoms with van der Waals surface area (Å²) >= 11 is 0. The molecule has 160 valence electrons. The summed E-state index contributed by atoms with van der Waals surface area (Å²) in [5.74, 6) is -1.04. The van der Waals surface area contributed by atoms with E-state index >= 15 is 0 Å². The molecular formula is C23H22N2O5S. The van der Waals surface area contributed by atoms with Crippen LogP contribution in [0.2, 0.25) is 0 Å². The monoisotopic (exact) mass is 438 g/mol. The van der Waals surface area contributed by atoms with E-state index in [0.29, 0.717) is 32.7 Å². The van der Waals surface area contributed by atoms with Gasteiger partial charge in [0.05, 0.1) is 13.2 Å². The smallest absolute Gasteiger partial charge is 0.249 e. The van der Waals surface area contributed by atoms with E-state index in [1.165, 1.54) is 10.4 Å². The molecular weight excluding hydrogens is 416 g/mol. The highest BCUT2D eigenvalue weighted by Crippen LogP contribution is 2.34. The van der Waals surface area contributed by atoms with Gasteiger partial charge in [0, 0.05) is 37.3 Å². The number of nitrogens with zero attached hydrogens (tertiary/aromatic N) is 2. The number of fused-ring (bicyclic) bond motifs is 2. The van der Waals surface area contributed by atoms with Gasteiger partial charge in [-0.3, -0.25) is 9.59 Å². The average molecular weight is 439 g/mol. The fourth-order valence-corrected chi connectivity index (χ4v) is 6.17. The van der Waals surface area contributed by atoms with Crippen LogP contribution in [-0.2, 0) is 27.7 Å². The van der Waals surface area contributed by atoms with Crippen LogP contribution in [0, 0.1) is 0 Å². The Bertz CT molecular complexity index is 1210. The van der Waals surface area contributed by atoms with Crippen LogP contribution in [0.25, 0.3) is 0 Å². The highest BCUT2D eigenvalue weighted by atomic mass is 32.2. The van der Waals surface area contributed by atoms with Crippen LogP contribution in [0.5, 0.6) is 0 Å². The molecule has 0 spiro atoms. The molecule has 0 atom stereocenters. The number of morpholine rings is 1. The van der Waals surface area contributed by atoms with Crippen molar-refractivity contribution < 1.29 is 22.7 Å². The molecule has 7 nitrogen and oxygen atoms in total. The van der Waals surface area contributed by atoms with E-state index in [-0.39, 0.29) is 29.9 Å². The lowest BCUT2D eigenvalue weighted by Crippen LogP contribution is -2.45. The van der Waals surface area contributed by atoms with Crippen molar-refractivity contribution in [3.8, 4) is 0 Å². The Balaban J connectivity index is 1.64. The first-order valence-corrected chi connectivity index (χ1v) is 11.7. The topological polar surface area (TPSA) is 84.0 Å². The van der Waals surface area contributed by atoms with E-state index in [1.54, 1.807) is 23.1 Å². The zero-order valence-corrected chi connectivity index (χ0v) is 17.7. The number of benzene rings is 2. The second-order valence-electron chi connectivity index (χ2n) is 7.84. The first-order chi connectivity index (χ1) is 15.0. The fourth-order valence-electron chi connectivity index (χ4n) is 4.46. The van der Waals surface area contributed by atoms with Crippen LogP contribution in [-0.4, -0.2) is 62.0 Å². The Morgan fingerprint density at radius 3 is 2.10 bits per heavy atom. The van der Waals surface area contributed by atoms with E-state index in [1.807, 2.05) is 24.3 Å². The summed E-state index contributed by atoms with van der Waals surface area (Å²) in [5, 5.41) is 0. The van der Waals surface area contributed by atoms with Crippen LogP contribution in [0.4, 0.5) is 0 Å². The van der Waals surface area contributed by atoms with Gasteiger partial charge in [-0.15, -0.1) is 0 Å². The summed E-state index contributed by atoms with van der Waals surface area (Å²) in [5.41, 5.74) is 2.39. The largest absolute Gasteiger partial charge is 0.378 e. The Labute approximate surface area is 181 Å². The summed E-state index contributed by atoms with van der Waals surface area (Å²) in [6, 6.07) is 14.1. The van der Waals surface area contributed by atoms with Crippen molar-refractivity contribution in [2.24, 2.45) is 0 Å². The van der Waals surface area contributed by atoms with E-state index in [9.17, 15) is 18.0 Å². The minimum Gasteiger partial charge on any atom is -0.378 e. The third kappa shape index (κ3) is 3.31. The van der Waals surface area contributed by atoms with Gasteiger partial charge in [0.1, 0.15) is 5.70 Å². The second kappa shape index (κ2) is 7.71. The molecule has 0 bridgehead atoms. The molecule has 31 heavy (non-hydrogen) atoms. The summed E-state index contributed by atoms with van der Waals surface area (Å²) < 4.78 is 34.3. The molecule has 0 unspecified atom stereocenters. The third-order valence-electron chi connectivity index (χ3n) is 6.07. The molecule has 2 heterocycles. The van der Waals surface area contributed by atoms with Gasteiger partial charge in [-0.1, -0.05) is 48.5 Å². The first kappa shape index (κ1) is 20.1. The highest BCUT2D eigenvalue weighted by Gasteiger charge is 2.44. The maximum absolute atomic E-state index is 13.8. The van der Waals surface area contributed by atoms with Gasteiger partial charge < -0.3 is 9.64 Å². The van der Waals surface area contributed by atoms with Gasteiger partial charge in [-0.25, -0.2) is 8.42 Å². The maximum atomic E-state index is 13.8. The predicted molar refractivity (Wildman–Crippen MR) is 114 cm³/mol. The summed E-state index contributed by atoms with van der Waals surface area (Å²) in [4.78, 5) is 28.2. The number of carbonyl (C=O) groups is 2. The molecule has 2 aromatic carbocycles. The van der Waals surface area contributed by atoms with Gasteiger partial charge in [-0.2, -0.15) is 4.31 Å². The van der Waals surface area contributed by atoms with E-state index in [2.05, 4.69) is 0 Å². The molecule has 0 amide bonds. The molecule has 2 aromatic rings. The van der Waals surface area contributed by atoms with Crippen molar-refractivity contribution in [1.82, 2.24) is 9.21 Å². The van der Waals surface area contributed by atoms with Crippen molar-refractivity contribution in [2.75, 3.05) is 32.8 Å². The van der Waals surface area contributed by atoms with Crippen molar-refractivity contribution >= 4 is 21.6 Å². The quantitative estimate of drug-likeness (QED) is 0.729. The van der Waals surface area contributed by atoms with E-state index in [0.717, 1.165) is 11.1 Å². The van der Waals surface area contributed by atoms with Gasteiger partial charge in [0.25, 0.3) is 0 Å². The number of ketones is 2. The number of Topliss-reactive ketones (excluding diaryl/α,β-unsaturated/α-hetero) is 2. The first-order valence-electron chi connectivity index (χ1n) is 10.3. The zero-order valence-electron chi connectivity index (χ0n) is 16.9. The number of carbonyl (C=O) groups excluding carboxylic acids is 2. The van der Waals surface area contributed by atoms with E-state index < -0.39 is 26.5 Å². The maximum Gasteiger partial charge on any atom is 0.249 e. The number of ether oxygens (including phenoxy) is 1. The Morgan fingerprint density at radius 1 is 0.774 bits per heavy atom. The number of hydrogen-bond acceptors (Lipinski definition) is 6. The minimum absolute atomic E-state index is 0.0224. The average Bonchev–Trinajstić information content (AvgIpc) is 2.81. The molecule has 0 N–H and O–H groups in total. The van der Waals surface area contributed by atoms with Crippen LogP contribution < -0.4 is 0 Å². The molecule has 5 rings (SSSR count). The lowest BCUT2D eigenvalue weighted by molar-refractivity contribution is 0.0498. The molecule has 0 saturated carbocycles. The van der Waals surface area contributed by atoms with Crippen molar-refractivity contribution in [2.45, 2.75) is 13.0 Å². The highest BCUT2D eigenvalue weighted by molar-refractivity contribution is 7.94. The summed E-state index contributed by atoms with van der Waals surface area (Å²) in [7, 11) is -4.19. The third-order valence-corrected chi connectivity index (χ3v) is 7.96. The minimum atomic E-state index is -4.19. The Morgan fingerprint density at radius 2 is 1.39 bits per heavy atom. The summed E-state index contributed by atoms with van der Waals surface area (Å²) in [6.45, 7) is 1.91. The zero-order chi connectivity index (χ0) is 21.6.